The molecule has 1 atom stereocenters. The summed E-state index contributed by atoms with van der Waals surface area (Å²) in [5.41, 5.74) is 1.22. The number of non-ortho nitro benzene ring substituents is 1. The van der Waals surface area contributed by atoms with Crippen molar-refractivity contribution in [2.75, 3.05) is 7.11 Å². The average molecular weight is 409 g/mol. The van der Waals surface area contributed by atoms with Crippen molar-refractivity contribution in [2.45, 2.75) is 39.7 Å². The van der Waals surface area contributed by atoms with Gasteiger partial charge >= 0.3 is 11.9 Å². The minimum atomic E-state index is -0.979. The predicted molar refractivity (Wildman–Crippen MR) is 103 cm³/mol. The van der Waals surface area contributed by atoms with Gasteiger partial charge in [0.1, 0.15) is 0 Å². The molecule has 0 radical (unpaired) electrons. The number of esters is 2. The molecule has 0 spiro atoms. The highest BCUT2D eigenvalue weighted by Gasteiger charge is 2.39. The van der Waals surface area contributed by atoms with Crippen molar-refractivity contribution in [1.82, 2.24) is 5.32 Å². The van der Waals surface area contributed by atoms with Crippen molar-refractivity contribution in [1.29, 1.82) is 0 Å². The summed E-state index contributed by atoms with van der Waals surface area (Å²) in [7, 11) is 1.21. The van der Waals surface area contributed by atoms with Crippen LogP contribution in [0.15, 0.2) is 40.7 Å². The molecule has 1 aromatic carbocycles. The first-order valence-electron chi connectivity index (χ1n) is 8.50. The first kappa shape index (κ1) is 21.4. The summed E-state index contributed by atoms with van der Waals surface area (Å²) in [5, 5.41) is 14.4. The fourth-order valence-electron chi connectivity index (χ4n) is 3.10. The lowest BCUT2D eigenvalue weighted by Crippen LogP contribution is -2.33. The second-order valence-corrected chi connectivity index (χ2v) is 6.95. The van der Waals surface area contributed by atoms with E-state index in [9.17, 15) is 19.7 Å². The van der Waals surface area contributed by atoms with Gasteiger partial charge in [0.25, 0.3) is 5.69 Å². The van der Waals surface area contributed by atoms with Gasteiger partial charge in [-0.2, -0.15) is 0 Å². The van der Waals surface area contributed by atoms with E-state index in [1.807, 2.05) is 0 Å². The molecule has 28 heavy (non-hydrogen) atoms. The third-order valence-corrected chi connectivity index (χ3v) is 4.57. The lowest BCUT2D eigenvalue weighted by atomic mass is 9.80. The molecule has 0 amide bonds. The van der Waals surface area contributed by atoms with Crippen molar-refractivity contribution in [3.63, 3.8) is 0 Å². The Hall–Kier alpha value is -2.87. The summed E-state index contributed by atoms with van der Waals surface area (Å²) in [5.74, 6) is -2.31. The number of nitro groups is 1. The molecule has 0 fully saturated rings. The first-order chi connectivity index (χ1) is 13.1. The number of ether oxygens (including phenoxy) is 2. The Morgan fingerprint density at radius 3 is 2.25 bits per heavy atom. The largest absolute Gasteiger partial charge is 0.466 e. The summed E-state index contributed by atoms with van der Waals surface area (Å²) in [6.45, 7) is 6.70. The number of methoxy groups -OCH3 is 1. The zero-order chi connectivity index (χ0) is 21.2. The molecular weight excluding hydrogens is 388 g/mol. The number of allylic oxidation sites excluding steroid dienone is 2. The molecule has 1 unspecified atom stereocenters. The molecule has 1 aliphatic heterocycles. The SMILES string of the molecule is COC(=O)C1=C(C)NC(C)=C(C(=O)OC(C)C)C1c1cc([N+](=O)[O-])ccc1Cl. The van der Waals surface area contributed by atoms with Crippen LogP contribution in [0.2, 0.25) is 5.02 Å². The Morgan fingerprint density at radius 2 is 1.75 bits per heavy atom. The van der Waals surface area contributed by atoms with Crippen LogP contribution in [0.3, 0.4) is 0 Å². The highest BCUT2D eigenvalue weighted by molar-refractivity contribution is 6.31. The van der Waals surface area contributed by atoms with Crippen LogP contribution in [0.4, 0.5) is 5.69 Å². The Kier molecular flexibility index (Phi) is 6.45. The molecule has 1 aromatic rings. The number of dihydropyridines is 1. The zero-order valence-corrected chi connectivity index (χ0v) is 16.9. The van der Waals surface area contributed by atoms with E-state index in [0.717, 1.165) is 0 Å². The molecule has 9 heteroatoms. The molecule has 0 saturated carbocycles. The van der Waals surface area contributed by atoms with Crippen LogP contribution in [0.1, 0.15) is 39.2 Å². The Bertz CT molecular complexity index is 904. The molecule has 0 saturated heterocycles. The predicted octanol–water partition coefficient (Wildman–Crippen LogP) is 3.61. The second-order valence-electron chi connectivity index (χ2n) is 6.54. The number of hydrogen-bond donors (Lipinski definition) is 1. The van der Waals surface area contributed by atoms with Crippen molar-refractivity contribution < 1.29 is 24.0 Å². The maximum atomic E-state index is 12.8. The maximum absolute atomic E-state index is 12.8. The van der Waals surface area contributed by atoms with Crippen LogP contribution in [0, 0.1) is 10.1 Å². The number of nitrogens with one attached hydrogen (secondary N) is 1. The van der Waals surface area contributed by atoms with E-state index in [4.69, 9.17) is 21.1 Å². The highest BCUT2D eigenvalue weighted by atomic mass is 35.5. The second kappa shape index (κ2) is 8.43. The third-order valence-electron chi connectivity index (χ3n) is 4.23. The van der Waals surface area contributed by atoms with Gasteiger partial charge in [-0.05, 0) is 39.3 Å². The lowest BCUT2D eigenvalue weighted by Gasteiger charge is -2.31. The summed E-state index contributed by atoms with van der Waals surface area (Å²) in [4.78, 5) is 36.0. The standard InChI is InChI=1S/C19H21ClN2O6/c1-9(2)28-19(24)16-11(4)21-10(3)15(18(23)27-5)17(16)13-8-12(22(25)26)6-7-14(13)20/h6-9,17,21H,1-5H3. The lowest BCUT2D eigenvalue weighted by molar-refractivity contribution is -0.384. The van der Waals surface area contributed by atoms with E-state index >= 15 is 0 Å². The van der Waals surface area contributed by atoms with E-state index in [1.165, 1.54) is 25.3 Å². The maximum Gasteiger partial charge on any atom is 0.337 e. The van der Waals surface area contributed by atoms with E-state index < -0.39 is 28.9 Å². The van der Waals surface area contributed by atoms with E-state index in [-0.39, 0.29) is 27.4 Å². The number of carbonyl (C=O) groups excluding carboxylic acids is 2. The number of benzene rings is 1. The molecule has 0 aromatic heterocycles. The van der Waals surface area contributed by atoms with Crippen molar-refractivity contribution in [3.8, 4) is 0 Å². The van der Waals surface area contributed by atoms with E-state index in [0.29, 0.717) is 11.4 Å². The summed E-state index contributed by atoms with van der Waals surface area (Å²) < 4.78 is 10.2. The van der Waals surface area contributed by atoms with Crippen LogP contribution < -0.4 is 5.32 Å². The molecule has 0 bridgehead atoms. The van der Waals surface area contributed by atoms with Gasteiger partial charge in [0.15, 0.2) is 0 Å². The molecule has 8 nitrogen and oxygen atoms in total. The van der Waals surface area contributed by atoms with Gasteiger partial charge in [-0.3, -0.25) is 10.1 Å². The Labute approximate surface area is 167 Å². The number of halogens is 1. The van der Waals surface area contributed by atoms with Crippen LogP contribution in [0.5, 0.6) is 0 Å². The highest BCUT2D eigenvalue weighted by Crippen LogP contribution is 2.43. The monoisotopic (exact) mass is 408 g/mol. The van der Waals surface area contributed by atoms with Gasteiger partial charge in [0.2, 0.25) is 0 Å². The van der Waals surface area contributed by atoms with Crippen molar-refractivity contribution in [2.24, 2.45) is 0 Å². The minimum Gasteiger partial charge on any atom is -0.466 e. The van der Waals surface area contributed by atoms with Crippen molar-refractivity contribution in [3.05, 3.63) is 61.4 Å². The topological polar surface area (TPSA) is 108 Å². The molecule has 150 valence electrons. The smallest absolute Gasteiger partial charge is 0.337 e. The fraction of sp³-hybridized carbons (Fsp3) is 0.368. The molecule has 1 heterocycles. The molecule has 1 aliphatic rings. The number of carbonyl (C=O) groups is 2. The van der Waals surface area contributed by atoms with Crippen LogP contribution in [-0.4, -0.2) is 30.1 Å². The third kappa shape index (κ3) is 4.17. The van der Waals surface area contributed by atoms with Crippen molar-refractivity contribution >= 4 is 29.2 Å². The van der Waals surface area contributed by atoms with Crippen LogP contribution in [0.25, 0.3) is 0 Å². The normalized spacial score (nSPS) is 16.8. The molecular formula is C19H21ClN2O6. The number of rotatable bonds is 5. The fourth-order valence-corrected chi connectivity index (χ4v) is 3.33. The molecule has 2 rings (SSSR count). The Morgan fingerprint density at radius 1 is 1.18 bits per heavy atom. The zero-order valence-electron chi connectivity index (χ0n) is 16.2. The number of nitrogens with zero attached hydrogens (tertiary/aromatic N) is 1. The van der Waals surface area contributed by atoms with Gasteiger partial charge < -0.3 is 14.8 Å². The molecule has 1 N–H and O–H groups in total. The minimum absolute atomic E-state index is 0.131. The van der Waals surface area contributed by atoms with Gasteiger partial charge in [-0.15, -0.1) is 0 Å². The quantitative estimate of drug-likeness (QED) is 0.450. The van der Waals surface area contributed by atoms with Crippen LogP contribution in [-0.2, 0) is 19.1 Å². The number of nitro benzene ring substituents is 1. The van der Waals surface area contributed by atoms with Gasteiger partial charge in [-0.25, -0.2) is 9.59 Å². The van der Waals surface area contributed by atoms with Gasteiger partial charge in [-0.1, -0.05) is 11.6 Å². The summed E-state index contributed by atoms with van der Waals surface area (Å²) in [6, 6.07) is 3.87. The van der Waals surface area contributed by atoms with Gasteiger partial charge in [0.05, 0.1) is 35.2 Å². The average Bonchev–Trinajstić information content (AvgIpc) is 2.59. The van der Waals surface area contributed by atoms with Gasteiger partial charge in [0, 0.05) is 28.5 Å². The summed E-state index contributed by atoms with van der Waals surface area (Å²) >= 11 is 6.33. The first-order valence-corrected chi connectivity index (χ1v) is 8.87. The Balaban J connectivity index is 2.77. The molecule has 0 aliphatic carbocycles. The van der Waals surface area contributed by atoms with Crippen LogP contribution >= 0.6 is 11.6 Å². The summed E-state index contributed by atoms with van der Waals surface area (Å²) in [6.07, 6.45) is -0.400. The number of hydrogen-bond acceptors (Lipinski definition) is 7. The van der Waals surface area contributed by atoms with E-state index in [1.54, 1.807) is 27.7 Å². The van der Waals surface area contributed by atoms with E-state index in [2.05, 4.69) is 5.32 Å².